The first kappa shape index (κ1) is 16.7. The first-order valence-corrected chi connectivity index (χ1v) is 6.96. The number of ether oxygens (including phenoxy) is 1. The summed E-state index contributed by atoms with van der Waals surface area (Å²) in [5.41, 5.74) is -1.52. The normalized spacial score (nSPS) is 11.7. The molecule has 1 aromatic heterocycles. The summed E-state index contributed by atoms with van der Waals surface area (Å²) in [7, 11) is 1.20. The lowest BCUT2D eigenvalue weighted by molar-refractivity contribution is -0.137. The van der Waals surface area contributed by atoms with E-state index in [1.807, 2.05) is 0 Å². The van der Waals surface area contributed by atoms with Crippen molar-refractivity contribution in [1.29, 1.82) is 0 Å². The molecule has 0 aliphatic heterocycles. The third kappa shape index (κ3) is 2.86. The van der Waals surface area contributed by atoms with Crippen LogP contribution >= 0.6 is 0 Å². The summed E-state index contributed by atoms with van der Waals surface area (Å²) in [4.78, 5) is 12.5. The maximum absolute atomic E-state index is 12.7. The van der Waals surface area contributed by atoms with E-state index in [2.05, 4.69) is 0 Å². The molecule has 3 rings (SSSR count). The maximum Gasteiger partial charge on any atom is 0.416 e. The average Bonchev–Trinajstić information content (AvgIpc) is 2.53. The largest absolute Gasteiger partial charge is 0.508 e. The number of rotatable bonds is 2. The summed E-state index contributed by atoms with van der Waals surface area (Å²) in [6.45, 7) is 0. The van der Waals surface area contributed by atoms with Gasteiger partial charge in [-0.25, -0.2) is 0 Å². The van der Waals surface area contributed by atoms with E-state index in [-0.39, 0.29) is 33.8 Å². The van der Waals surface area contributed by atoms with Crippen LogP contribution in [-0.2, 0) is 6.18 Å². The number of hydrogen-bond acceptors (Lipinski definition) is 5. The molecule has 2 N–H and O–H groups in total. The number of benzene rings is 2. The van der Waals surface area contributed by atoms with E-state index in [0.29, 0.717) is 0 Å². The molecule has 0 unspecified atom stereocenters. The van der Waals surface area contributed by atoms with Gasteiger partial charge in [0, 0.05) is 17.7 Å². The fraction of sp³-hybridized carbons (Fsp3) is 0.118. The fourth-order valence-electron chi connectivity index (χ4n) is 2.45. The summed E-state index contributed by atoms with van der Waals surface area (Å²) in [5.74, 6) is -1.22. The number of halogens is 3. The second-order valence-electron chi connectivity index (χ2n) is 5.21. The Kier molecular flexibility index (Phi) is 3.82. The molecule has 1 heterocycles. The summed E-state index contributed by atoms with van der Waals surface area (Å²) >= 11 is 0. The van der Waals surface area contributed by atoms with Gasteiger partial charge in [0.2, 0.25) is 11.2 Å². The SMILES string of the molecule is COc1c(-c2ccc(C(F)(F)F)cc2)oc2cc(O)cc(O)c2c1=O. The minimum Gasteiger partial charge on any atom is -0.508 e. The van der Waals surface area contributed by atoms with E-state index in [1.54, 1.807) is 0 Å². The highest BCUT2D eigenvalue weighted by molar-refractivity contribution is 5.88. The summed E-state index contributed by atoms with van der Waals surface area (Å²) in [6.07, 6.45) is -4.50. The monoisotopic (exact) mass is 352 g/mol. The molecule has 130 valence electrons. The van der Waals surface area contributed by atoms with E-state index in [4.69, 9.17) is 9.15 Å². The zero-order valence-electron chi connectivity index (χ0n) is 12.7. The van der Waals surface area contributed by atoms with Gasteiger partial charge in [-0.2, -0.15) is 13.2 Å². The number of phenols is 2. The van der Waals surface area contributed by atoms with Gasteiger partial charge in [0.05, 0.1) is 12.7 Å². The van der Waals surface area contributed by atoms with Gasteiger partial charge in [0.25, 0.3) is 0 Å². The Morgan fingerprint density at radius 2 is 1.72 bits per heavy atom. The van der Waals surface area contributed by atoms with E-state index >= 15 is 0 Å². The minimum absolute atomic E-state index is 0.112. The van der Waals surface area contributed by atoms with Gasteiger partial charge < -0.3 is 19.4 Å². The molecule has 0 fully saturated rings. The molecule has 0 aliphatic rings. The van der Waals surface area contributed by atoms with Crippen LogP contribution in [0.5, 0.6) is 17.2 Å². The first-order chi connectivity index (χ1) is 11.7. The highest BCUT2D eigenvalue weighted by Crippen LogP contribution is 2.36. The Labute approximate surface area is 138 Å². The van der Waals surface area contributed by atoms with Crippen LogP contribution in [0.15, 0.2) is 45.6 Å². The van der Waals surface area contributed by atoms with Crippen molar-refractivity contribution in [2.45, 2.75) is 6.18 Å². The zero-order valence-corrected chi connectivity index (χ0v) is 12.7. The molecule has 5 nitrogen and oxygen atoms in total. The molecular weight excluding hydrogens is 341 g/mol. The molecule has 25 heavy (non-hydrogen) atoms. The van der Waals surface area contributed by atoms with Crippen LogP contribution in [0, 0.1) is 0 Å². The molecule has 0 saturated carbocycles. The smallest absolute Gasteiger partial charge is 0.416 e. The molecule has 0 atom stereocenters. The van der Waals surface area contributed by atoms with E-state index in [9.17, 15) is 28.2 Å². The third-order valence-corrected chi connectivity index (χ3v) is 3.60. The predicted octanol–water partition coefficient (Wildman–Crippen LogP) is 3.90. The molecule has 0 aliphatic carbocycles. The van der Waals surface area contributed by atoms with Crippen LogP contribution in [0.2, 0.25) is 0 Å². The molecule has 0 saturated heterocycles. The van der Waals surface area contributed by atoms with E-state index in [1.165, 1.54) is 7.11 Å². The molecule has 8 heteroatoms. The van der Waals surface area contributed by atoms with E-state index in [0.717, 1.165) is 36.4 Å². The van der Waals surface area contributed by atoms with Crippen molar-refractivity contribution >= 4 is 11.0 Å². The molecule has 0 amide bonds. The number of fused-ring (bicyclic) bond motifs is 1. The van der Waals surface area contributed by atoms with Gasteiger partial charge in [0.15, 0.2) is 5.76 Å². The van der Waals surface area contributed by atoms with Gasteiger partial charge in [-0.1, -0.05) is 12.1 Å². The lowest BCUT2D eigenvalue weighted by Crippen LogP contribution is -2.08. The number of methoxy groups -OCH3 is 1. The molecular formula is C17H11F3O5. The van der Waals surface area contributed by atoms with Gasteiger partial charge in [0.1, 0.15) is 22.5 Å². The van der Waals surface area contributed by atoms with Crippen molar-refractivity contribution in [3.05, 3.63) is 52.2 Å². The Hall–Kier alpha value is -3.16. The lowest BCUT2D eigenvalue weighted by atomic mass is 10.1. The summed E-state index contributed by atoms with van der Waals surface area (Å²) in [6, 6.07) is 6.05. The molecule has 2 aromatic carbocycles. The second kappa shape index (κ2) is 5.73. The van der Waals surface area contributed by atoms with Crippen molar-refractivity contribution in [3.63, 3.8) is 0 Å². The first-order valence-electron chi connectivity index (χ1n) is 6.96. The highest BCUT2D eigenvalue weighted by Gasteiger charge is 2.30. The standard InChI is InChI=1S/C17H11F3O5/c1-24-16-14(23)13-11(22)6-10(21)7-12(13)25-15(16)8-2-4-9(5-3-8)17(18,19)20/h2-7,21-22H,1H3. The van der Waals surface area contributed by atoms with Crippen LogP contribution in [-0.4, -0.2) is 17.3 Å². The van der Waals surface area contributed by atoms with Crippen LogP contribution in [0.25, 0.3) is 22.3 Å². The van der Waals surface area contributed by atoms with Crippen LogP contribution in [0.1, 0.15) is 5.56 Å². The van der Waals surface area contributed by atoms with Crippen molar-refractivity contribution in [2.75, 3.05) is 7.11 Å². The predicted molar refractivity (Wildman–Crippen MR) is 82.8 cm³/mol. The number of phenolic OH excluding ortho intramolecular Hbond substituents is 2. The van der Waals surface area contributed by atoms with Crippen LogP contribution in [0.3, 0.4) is 0 Å². The fourth-order valence-corrected chi connectivity index (χ4v) is 2.45. The Morgan fingerprint density at radius 3 is 2.28 bits per heavy atom. The average molecular weight is 352 g/mol. The van der Waals surface area contributed by atoms with Crippen LogP contribution < -0.4 is 10.2 Å². The molecule has 0 radical (unpaired) electrons. The van der Waals surface area contributed by atoms with Gasteiger partial charge in [-0.3, -0.25) is 4.79 Å². The van der Waals surface area contributed by atoms with Gasteiger partial charge >= 0.3 is 6.18 Å². The molecule has 0 spiro atoms. The van der Waals surface area contributed by atoms with Crippen molar-refractivity contribution < 1.29 is 32.5 Å². The Morgan fingerprint density at radius 1 is 1.08 bits per heavy atom. The second-order valence-corrected chi connectivity index (χ2v) is 5.21. The quantitative estimate of drug-likeness (QED) is 0.731. The zero-order chi connectivity index (χ0) is 18.4. The van der Waals surface area contributed by atoms with Gasteiger partial charge in [-0.05, 0) is 12.1 Å². The number of hydrogen-bond donors (Lipinski definition) is 2. The molecule has 0 bridgehead atoms. The number of aromatic hydroxyl groups is 2. The van der Waals surface area contributed by atoms with Crippen molar-refractivity contribution in [1.82, 2.24) is 0 Å². The van der Waals surface area contributed by atoms with Crippen LogP contribution in [0.4, 0.5) is 13.2 Å². The summed E-state index contributed by atoms with van der Waals surface area (Å²) < 4.78 is 48.6. The highest BCUT2D eigenvalue weighted by atomic mass is 19.4. The van der Waals surface area contributed by atoms with Crippen molar-refractivity contribution in [2.24, 2.45) is 0 Å². The van der Waals surface area contributed by atoms with Crippen molar-refractivity contribution in [3.8, 4) is 28.6 Å². The minimum atomic E-state index is -4.50. The lowest BCUT2D eigenvalue weighted by Gasteiger charge is -2.11. The number of alkyl halides is 3. The Balaban J connectivity index is 2.27. The topological polar surface area (TPSA) is 79.9 Å². The third-order valence-electron chi connectivity index (χ3n) is 3.60. The maximum atomic E-state index is 12.7. The van der Waals surface area contributed by atoms with Gasteiger partial charge in [-0.15, -0.1) is 0 Å². The summed E-state index contributed by atoms with van der Waals surface area (Å²) in [5, 5.41) is 19.2. The van der Waals surface area contributed by atoms with E-state index < -0.39 is 22.9 Å². The Bertz CT molecular complexity index is 1000. The molecule has 3 aromatic rings.